The van der Waals surface area contributed by atoms with Crippen LogP contribution in [0.3, 0.4) is 0 Å². The summed E-state index contributed by atoms with van der Waals surface area (Å²) in [6, 6.07) is 13.7. The SMILES string of the molecule is N#Cc1ccccc1CN1CCN(C(=O)c2cc(Cl)ccc2F)CC1. The fourth-order valence-electron chi connectivity index (χ4n) is 2.95. The van der Waals surface area contributed by atoms with Gasteiger partial charge in [-0.25, -0.2) is 4.39 Å². The van der Waals surface area contributed by atoms with E-state index >= 15 is 0 Å². The van der Waals surface area contributed by atoms with E-state index in [2.05, 4.69) is 11.0 Å². The molecule has 1 amide bonds. The van der Waals surface area contributed by atoms with Crippen molar-refractivity contribution in [3.05, 3.63) is 70.0 Å². The average molecular weight is 358 g/mol. The van der Waals surface area contributed by atoms with Crippen LogP contribution < -0.4 is 0 Å². The molecule has 0 atom stereocenters. The summed E-state index contributed by atoms with van der Waals surface area (Å²) in [7, 11) is 0. The van der Waals surface area contributed by atoms with Crippen molar-refractivity contribution in [3.8, 4) is 6.07 Å². The van der Waals surface area contributed by atoms with Crippen molar-refractivity contribution in [1.29, 1.82) is 5.26 Å². The van der Waals surface area contributed by atoms with E-state index in [9.17, 15) is 9.18 Å². The zero-order valence-corrected chi connectivity index (χ0v) is 14.3. The number of halogens is 2. The Labute approximate surface area is 151 Å². The lowest BCUT2D eigenvalue weighted by atomic mass is 10.1. The summed E-state index contributed by atoms with van der Waals surface area (Å²) < 4.78 is 13.9. The summed E-state index contributed by atoms with van der Waals surface area (Å²) in [5, 5.41) is 9.51. The zero-order valence-electron chi connectivity index (χ0n) is 13.6. The first-order chi connectivity index (χ1) is 12.1. The number of amides is 1. The molecule has 2 aromatic rings. The molecule has 0 saturated carbocycles. The standard InChI is InChI=1S/C19H17ClFN3O/c20-16-5-6-18(21)17(11-16)19(25)24-9-7-23(8-10-24)13-15-4-2-1-3-14(15)12-22/h1-6,11H,7-10,13H2. The van der Waals surface area contributed by atoms with Gasteiger partial charge in [0.2, 0.25) is 0 Å². The van der Waals surface area contributed by atoms with Crippen LogP contribution in [-0.2, 0) is 6.54 Å². The molecule has 1 heterocycles. The number of nitrogens with zero attached hydrogens (tertiary/aromatic N) is 3. The Kier molecular flexibility index (Phi) is 5.32. The first kappa shape index (κ1) is 17.4. The van der Waals surface area contributed by atoms with Crippen LogP contribution in [0.1, 0.15) is 21.5 Å². The molecular weight excluding hydrogens is 341 g/mol. The van der Waals surface area contributed by atoms with Crippen molar-refractivity contribution >= 4 is 17.5 Å². The van der Waals surface area contributed by atoms with Crippen molar-refractivity contribution < 1.29 is 9.18 Å². The first-order valence-corrected chi connectivity index (χ1v) is 8.41. The van der Waals surface area contributed by atoms with Crippen molar-refractivity contribution in [1.82, 2.24) is 9.80 Å². The van der Waals surface area contributed by atoms with Gasteiger partial charge in [-0.1, -0.05) is 29.8 Å². The van der Waals surface area contributed by atoms with Gasteiger partial charge in [-0.2, -0.15) is 5.26 Å². The molecule has 128 valence electrons. The van der Waals surface area contributed by atoms with Gasteiger partial charge in [-0.3, -0.25) is 9.69 Å². The molecule has 0 radical (unpaired) electrons. The Morgan fingerprint density at radius 2 is 1.88 bits per heavy atom. The van der Waals surface area contributed by atoms with E-state index in [4.69, 9.17) is 16.9 Å². The highest BCUT2D eigenvalue weighted by Crippen LogP contribution is 2.18. The molecule has 0 N–H and O–H groups in total. The lowest BCUT2D eigenvalue weighted by molar-refractivity contribution is 0.0624. The number of rotatable bonds is 3. The van der Waals surface area contributed by atoms with Crippen molar-refractivity contribution in [2.45, 2.75) is 6.54 Å². The zero-order chi connectivity index (χ0) is 17.8. The van der Waals surface area contributed by atoms with Crippen LogP contribution in [0.25, 0.3) is 0 Å². The number of carbonyl (C=O) groups is 1. The molecule has 4 nitrogen and oxygen atoms in total. The predicted molar refractivity (Wildman–Crippen MR) is 93.7 cm³/mol. The highest BCUT2D eigenvalue weighted by atomic mass is 35.5. The molecule has 1 aliphatic rings. The topological polar surface area (TPSA) is 47.3 Å². The molecule has 3 rings (SSSR count). The molecule has 2 aromatic carbocycles. The van der Waals surface area contributed by atoms with E-state index in [1.54, 1.807) is 11.0 Å². The Morgan fingerprint density at radius 1 is 1.16 bits per heavy atom. The van der Waals surface area contributed by atoms with Crippen molar-refractivity contribution in [2.75, 3.05) is 26.2 Å². The number of carbonyl (C=O) groups excluding carboxylic acids is 1. The van der Waals surface area contributed by atoms with E-state index in [-0.39, 0.29) is 11.5 Å². The maximum atomic E-state index is 13.9. The number of benzene rings is 2. The fourth-order valence-corrected chi connectivity index (χ4v) is 3.12. The maximum absolute atomic E-state index is 13.9. The summed E-state index contributed by atoms with van der Waals surface area (Å²) >= 11 is 5.87. The number of nitriles is 1. The van der Waals surface area contributed by atoms with Gasteiger partial charge in [-0.05, 0) is 29.8 Å². The smallest absolute Gasteiger partial charge is 0.256 e. The second kappa shape index (κ2) is 7.64. The molecule has 25 heavy (non-hydrogen) atoms. The third-order valence-corrected chi connectivity index (χ3v) is 4.59. The number of hydrogen-bond donors (Lipinski definition) is 0. The second-order valence-corrected chi connectivity index (χ2v) is 6.40. The highest BCUT2D eigenvalue weighted by molar-refractivity contribution is 6.31. The molecule has 0 spiro atoms. The Morgan fingerprint density at radius 3 is 2.60 bits per heavy atom. The van der Waals surface area contributed by atoms with Gasteiger partial charge in [0, 0.05) is 37.7 Å². The molecule has 0 unspecified atom stereocenters. The maximum Gasteiger partial charge on any atom is 0.256 e. The van der Waals surface area contributed by atoms with Crippen LogP contribution in [-0.4, -0.2) is 41.9 Å². The van der Waals surface area contributed by atoms with E-state index < -0.39 is 5.82 Å². The normalized spacial score (nSPS) is 15.0. The third kappa shape index (κ3) is 3.98. The quantitative estimate of drug-likeness (QED) is 0.846. The summed E-state index contributed by atoms with van der Waals surface area (Å²) in [5.74, 6) is -0.892. The van der Waals surface area contributed by atoms with Crippen LogP contribution in [0.15, 0.2) is 42.5 Å². The molecule has 0 bridgehead atoms. The minimum absolute atomic E-state index is 0.00998. The van der Waals surface area contributed by atoms with E-state index in [0.29, 0.717) is 43.3 Å². The predicted octanol–water partition coefficient (Wildman–Crippen LogP) is 3.31. The van der Waals surface area contributed by atoms with E-state index in [1.165, 1.54) is 18.2 Å². The number of hydrogen-bond acceptors (Lipinski definition) is 3. The summed E-state index contributed by atoms with van der Waals surface area (Å²) in [5.41, 5.74) is 1.66. The largest absolute Gasteiger partial charge is 0.336 e. The second-order valence-electron chi connectivity index (χ2n) is 5.96. The van der Waals surface area contributed by atoms with Gasteiger partial charge in [0.05, 0.1) is 17.2 Å². The fraction of sp³-hybridized carbons (Fsp3) is 0.263. The first-order valence-electron chi connectivity index (χ1n) is 8.03. The molecule has 1 saturated heterocycles. The van der Waals surface area contributed by atoms with Crippen LogP contribution in [0, 0.1) is 17.1 Å². The third-order valence-electron chi connectivity index (χ3n) is 4.35. The number of piperazine rings is 1. The van der Waals surface area contributed by atoms with Gasteiger partial charge in [0.25, 0.3) is 5.91 Å². The summed E-state index contributed by atoms with van der Waals surface area (Å²) in [6.07, 6.45) is 0. The molecule has 0 aliphatic carbocycles. The molecular formula is C19H17ClFN3O. The monoisotopic (exact) mass is 357 g/mol. The summed E-state index contributed by atoms with van der Waals surface area (Å²) in [4.78, 5) is 16.3. The van der Waals surface area contributed by atoms with Crippen LogP contribution in [0.2, 0.25) is 5.02 Å². The molecule has 1 fully saturated rings. The Balaban J connectivity index is 1.63. The van der Waals surface area contributed by atoms with Gasteiger partial charge in [0.15, 0.2) is 0 Å². The average Bonchev–Trinajstić information content (AvgIpc) is 2.64. The summed E-state index contributed by atoms with van der Waals surface area (Å²) in [6.45, 7) is 3.04. The van der Waals surface area contributed by atoms with Gasteiger partial charge < -0.3 is 4.90 Å². The van der Waals surface area contributed by atoms with Crippen molar-refractivity contribution in [3.63, 3.8) is 0 Å². The van der Waals surface area contributed by atoms with Gasteiger partial charge >= 0.3 is 0 Å². The minimum atomic E-state index is -0.556. The van der Waals surface area contributed by atoms with Crippen LogP contribution >= 0.6 is 11.6 Å². The Hall–Kier alpha value is -2.42. The van der Waals surface area contributed by atoms with Crippen molar-refractivity contribution in [2.24, 2.45) is 0 Å². The molecule has 0 aromatic heterocycles. The van der Waals surface area contributed by atoms with Gasteiger partial charge in [0.1, 0.15) is 5.82 Å². The van der Waals surface area contributed by atoms with Gasteiger partial charge in [-0.15, -0.1) is 0 Å². The highest BCUT2D eigenvalue weighted by Gasteiger charge is 2.24. The van der Waals surface area contributed by atoms with E-state index in [0.717, 1.165) is 5.56 Å². The molecule has 1 aliphatic heterocycles. The molecule has 6 heteroatoms. The lowest BCUT2D eigenvalue weighted by Crippen LogP contribution is -2.48. The Bertz CT molecular complexity index is 826. The van der Waals surface area contributed by atoms with E-state index in [1.807, 2.05) is 18.2 Å². The lowest BCUT2D eigenvalue weighted by Gasteiger charge is -2.35. The van der Waals surface area contributed by atoms with Crippen LogP contribution in [0.4, 0.5) is 4.39 Å². The minimum Gasteiger partial charge on any atom is -0.336 e. The van der Waals surface area contributed by atoms with Crippen LogP contribution in [0.5, 0.6) is 0 Å².